The maximum Gasteiger partial charge on any atom is 0.434 e. The number of anilines is 4. The number of carboxylic acid groups (broad SMARTS) is 1. The number of halogens is 4. The number of carbonyl (C=O) groups excluding carboxylic acids is 1. The summed E-state index contributed by atoms with van der Waals surface area (Å²) in [4.78, 5) is 58.3. The Morgan fingerprint density at radius 2 is 1.53 bits per heavy atom. The lowest BCUT2D eigenvalue weighted by molar-refractivity contribution is -0.154. The predicted molar refractivity (Wildman–Crippen MR) is 208 cm³/mol. The minimum absolute atomic E-state index is 0.0935. The molecule has 1 aromatic carbocycles. The molecule has 1 amide bonds. The second-order valence-electron chi connectivity index (χ2n) is 17.5. The topological polar surface area (TPSA) is 163 Å². The standard InChI is InChI=1S/C42H44F4N10O4/c43-28-19-49-38(50-20-28)55-13-8-40(22-55)23-56(33-5-4-30(18-32(33)40)60-29-6-11-54(12-7-29)37-47-9-1-10-48-37)39-51-21-31(34(52-39)42(44,45)46)35(57)53-41(36(58)59)26-3-2-24-14-25(16-26)17-27(41)15-24/h1,4-5,9-10,18-21,24-27,29H,2-3,6-8,11-17,22-23H2,(H,53,57)(H,58,59). The van der Waals surface area contributed by atoms with Crippen LogP contribution in [0, 0.1) is 29.5 Å². The van der Waals surface area contributed by atoms with Crippen molar-refractivity contribution < 1.29 is 37.0 Å². The van der Waals surface area contributed by atoms with E-state index in [2.05, 4.69) is 40.1 Å². The van der Waals surface area contributed by atoms with Gasteiger partial charge in [0.05, 0.1) is 18.0 Å². The van der Waals surface area contributed by atoms with E-state index < -0.39 is 46.1 Å². The van der Waals surface area contributed by atoms with Gasteiger partial charge < -0.3 is 29.9 Å². The van der Waals surface area contributed by atoms with E-state index in [0.717, 1.165) is 49.8 Å². The quantitative estimate of drug-likeness (QED) is 0.200. The van der Waals surface area contributed by atoms with Gasteiger partial charge in [-0.15, -0.1) is 0 Å². The summed E-state index contributed by atoms with van der Waals surface area (Å²) in [5, 5.41) is 13.3. The number of amides is 1. The Morgan fingerprint density at radius 3 is 2.28 bits per heavy atom. The van der Waals surface area contributed by atoms with Gasteiger partial charge in [-0.2, -0.15) is 13.2 Å². The van der Waals surface area contributed by atoms with Crippen molar-refractivity contribution in [1.29, 1.82) is 0 Å². The number of hydrogen-bond acceptors (Lipinski definition) is 12. The van der Waals surface area contributed by atoms with E-state index in [9.17, 15) is 19.1 Å². The number of carboxylic acids is 1. The van der Waals surface area contributed by atoms with Gasteiger partial charge in [-0.1, -0.05) is 6.42 Å². The number of benzene rings is 1. The number of fused-ring (bicyclic) bond motifs is 3. The Labute approximate surface area is 342 Å². The maximum atomic E-state index is 15.0. The Balaban J connectivity index is 0.958. The van der Waals surface area contributed by atoms with Gasteiger partial charge in [-0.3, -0.25) is 4.79 Å². The summed E-state index contributed by atoms with van der Waals surface area (Å²) in [5.41, 5.74) is -3.18. The fourth-order valence-corrected chi connectivity index (χ4v) is 11.4. The minimum atomic E-state index is -5.06. The van der Waals surface area contributed by atoms with Crippen molar-refractivity contribution in [2.24, 2.45) is 23.7 Å². The number of nitrogens with zero attached hydrogens (tertiary/aromatic N) is 9. The van der Waals surface area contributed by atoms with E-state index in [1.54, 1.807) is 35.5 Å². The highest BCUT2D eigenvalue weighted by molar-refractivity contribution is 5.99. The summed E-state index contributed by atoms with van der Waals surface area (Å²) in [7, 11) is 0. The molecule has 18 heteroatoms. The third kappa shape index (κ3) is 6.62. The third-order valence-electron chi connectivity index (χ3n) is 14.1. The van der Waals surface area contributed by atoms with Crippen LogP contribution in [-0.2, 0) is 16.4 Å². The van der Waals surface area contributed by atoms with Gasteiger partial charge in [0.2, 0.25) is 17.8 Å². The third-order valence-corrected chi connectivity index (χ3v) is 14.1. The van der Waals surface area contributed by atoms with Gasteiger partial charge in [0.1, 0.15) is 17.4 Å². The number of aromatic nitrogens is 6. The molecule has 4 aliphatic carbocycles. The molecule has 6 unspecified atom stereocenters. The fourth-order valence-electron chi connectivity index (χ4n) is 11.4. The molecule has 6 heterocycles. The number of ether oxygens (including phenoxy) is 1. The zero-order valence-corrected chi connectivity index (χ0v) is 32.7. The Morgan fingerprint density at radius 1 is 0.817 bits per heavy atom. The molecule has 1 spiro atoms. The van der Waals surface area contributed by atoms with Crippen molar-refractivity contribution in [3.8, 4) is 5.75 Å². The summed E-state index contributed by atoms with van der Waals surface area (Å²) in [6.07, 6.45) is 7.69. The predicted octanol–water partition coefficient (Wildman–Crippen LogP) is 5.96. The first-order chi connectivity index (χ1) is 28.9. The van der Waals surface area contributed by atoms with Crippen LogP contribution < -0.4 is 24.8 Å². The highest BCUT2D eigenvalue weighted by Gasteiger charge is 2.60. The van der Waals surface area contributed by atoms with E-state index in [4.69, 9.17) is 4.74 Å². The first-order valence-electron chi connectivity index (χ1n) is 20.7. The lowest BCUT2D eigenvalue weighted by atomic mass is 9.58. The normalized spacial score (nSPS) is 28.6. The Kier molecular flexibility index (Phi) is 9.31. The maximum absolute atomic E-state index is 15.0. The average molecular weight is 829 g/mol. The molecule has 6 atom stereocenters. The number of alkyl halides is 3. The summed E-state index contributed by atoms with van der Waals surface area (Å²) in [6.45, 7) is 2.46. The van der Waals surface area contributed by atoms with Crippen molar-refractivity contribution >= 4 is 35.4 Å². The molecule has 7 aliphatic rings. The highest BCUT2D eigenvalue weighted by Crippen LogP contribution is 2.56. The van der Waals surface area contributed by atoms with E-state index in [0.29, 0.717) is 93.5 Å². The van der Waals surface area contributed by atoms with Crippen LogP contribution in [0.3, 0.4) is 0 Å². The SMILES string of the molecule is O=C(NC1(C(=O)O)C2CCC3CC(C2)CC1C3)c1cnc(N2CC3(CCN(c4ncc(F)cn4)C3)c3cc(OC4CCN(c5ncccn5)CC4)ccc32)nc1C(F)(F)F. The van der Waals surface area contributed by atoms with Gasteiger partial charge in [0.15, 0.2) is 11.5 Å². The van der Waals surface area contributed by atoms with Crippen molar-refractivity contribution in [3.05, 3.63) is 77.9 Å². The molecule has 314 valence electrons. The van der Waals surface area contributed by atoms with Crippen molar-refractivity contribution in [3.63, 3.8) is 0 Å². The van der Waals surface area contributed by atoms with Crippen LogP contribution in [0.15, 0.2) is 55.2 Å². The molecule has 4 saturated carbocycles. The van der Waals surface area contributed by atoms with E-state index >= 15 is 13.2 Å². The zero-order valence-electron chi connectivity index (χ0n) is 32.7. The van der Waals surface area contributed by atoms with Gasteiger partial charge >= 0.3 is 12.1 Å². The molecular formula is C42H44F4N10O4. The van der Waals surface area contributed by atoms with Crippen LogP contribution in [0.4, 0.5) is 41.1 Å². The molecular weight excluding hydrogens is 785 g/mol. The summed E-state index contributed by atoms with van der Waals surface area (Å²) in [5.74, 6) is -1.61. The van der Waals surface area contributed by atoms with Crippen molar-refractivity contribution in [2.45, 2.75) is 81.0 Å². The van der Waals surface area contributed by atoms with Crippen molar-refractivity contribution in [1.82, 2.24) is 35.2 Å². The number of carbonyl (C=O) groups is 2. The Bertz CT molecular complexity index is 2290. The number of rotatable bonds is 8. The fraction of sp³-hybridized carbons (Fsp3) is 0.524. The number of hydrogen-bond donors (Lipinski definition) is 2. The number of nitrogens with one attached hydrogen (secondary N) is 1. The second-order valence-corrected chi connectivity index (χ2v) is 17.5. The average Bonchev–Trinajstić information content (AvgIpc) is 3.74. The molecule has 0 radical (unpaired) electrons. The molecule has 11 rings (SSSR count). The lowest BCUT2D eigenvalue weighted by Gasteiger charge is -2.50. The summed E-state index contributed by atoms with van der Waals surface area (Å²) < 4.78 is 65.4. The summed E-state index contributed by atoms with van der Waals surface area (Å²) in [6, 6.07) is 7.29. The molecule has 60 heavy (non-hydrogen) atoms. The molecule has 4 bridgehead atoms. The molecule has 3 aliphatic heterocycles. The van der Waals surface area contributed by atoms with Crippen LogP contribution in [0.1, 0.15) is 79.4 Å². The van der Waals surface area contributed by atoms with Crippen LogP contribution >= 0.6 is 0 Å². The smallest absolute Gasteiger partial charge is 0.434 e. The van der Waals surface area contributed by atoms with E-state index in [-0.39, 0.29) is 30.4 Å². The van der Waals surface area contributed by atoms with Crippen LogP contribution in [0.2, 0.25) is 0 Å². The minimum Gasteiger partial charge on any atom is -0.490 e. The zero-order chi connectivity index (χ0) is 41.4. The molecule has 3 aromatic heterocycles. The molecule has 14 nitrogen and oxygen atoms in total. The first kappa shape index (κ1) is 38.5. The first-order valence-corrected chi connectivity index (χ1v) is 20.7. The van der Waals surface area contributed by atoms with Gasteiger partial charge in [0, 0.05) is 75.3 Å². The van der Waals surface area contributed by atoms with E-state index in [1.807, 2.05) is 11.0 Å². The Hall–Kier alpha value is -5.68. The largest absolute Gasteiger partial charge is 0.490 e. The molecule has 2 N–H and O–H groups in total. The molecule has 4 aromatic rings. The summed E-state index contributed by atoms with van der Waals surface area (Å²) >= 11 is 0. The molecule has 2 saturated heterocycles. The van der Waals surface area contributed by atoms with Gasteiger partial charge in [-0.25, -0.2) is 39.1 Å². The van der Waals surface area contributed by atoms with E-state index in [1.165, 1.54) is 0 Å². The van der Waals surface area contributed by atoms with Gasteiger partial charge in [-0.05, 0) is 92.0 Å². The number of piperidine rings is 1. The van der Waals surface area contributed by atoms with Crippen LogP contribution in [0.5, 0.6) is 5.75 Å². The van der Waals surface area contributed by atoms with Crippen LogP contribution in [0.25, 0.3) is 0 Å². The highest BCUT2D eigenvalue weighted by atomic mass is 19.4. The monoisotopic (exact) mass is 828 g/mol. The lowest BCUT2D eigenvalue weighted by Crippen LogP contribution is -2.66. The van der Waals surface area contributed by atoms with Gasteiger partial charge in [0.25, 0.3) is 5.91 Å². The number of aliphatic carboxylic acids is 1. The van der Waals surface area contributed by atoms with Crippen molar-refractivity contribution in [2.75, 3.05) is 47.4 Å². The second kappa shape index (κ2) is 14.5. The molecule has 6 fully saturated rings. The van der Waals surface area contributed by atoms with Crippen LogP contribution in [-0.4, -0.2) is 91.3 Å².